The molecule has 1 saturated heterocycles. The molecule has 2 aromatic carbocycles. The van der Waals surface area contributed by atoms with E-state index in [-0.39, 0.29) is 11.8 Å². The van der Waals surface area contributed by atoms with Crippen molar-refractivity contribution in [2.75, 3.05) is 18.6 Å². The summed E-state index contributed by atoms with van der Waals surface area (Å²) in [5, 5.41) is 4.67. The van der Waals surface area contributed by atoms with Gasteiger partial charge < -0.3 is 14.2 Å². The lowest BCUT2D eigenvalue weighted by Crippen LogP contribution is -2.24. The van der Waals surface area contributed by atoms with E-state index in [0.717, 1.165) is 17.0 Å². The van der Waals surface area contributed by atoms with Crippen LogP contribution in [0.3, 0.4) is 0 Å². The Labute approximate surface area is 155 Å². The highest BCUT2D eigenvalue weighted by Gasteiger charge is 2.34. The van der Waals surface area contributed by atoms with Gasteiger partial charge in [-0.2, -0.15) is 4.98 Å². The van der Waals surface area contributed by atoms with Crippen molar-refractivity contribution in [2.24, 2.45) is 0 Å². The lowest BCUT2D eigenvalue weighted by molar-refractivity contribution is -0.117. The Morgan fingerprint density at radius 3 is 2.77 bits per heavy atom. The maximum Gasteiger partial charge on any atom is 0.257 e. The smallest absolute Gasteiger partial charge is 0.257 e. The van der Waals surface area contributed by atoms with Gasteiger partial charge in [0.05, 0.1) is 7.11 Å². The summed E-state index contributed by atoms with van der Waals surface area (Å²) in [6, 6.07) is 14.6. The van der Waals surface area contributed by atoms with Crippen molar-refractivity contribution in [2.45, 2.75) is 12.3 Å². The van der Waals surface area contributed by atoms with E-state index < -0.39 is 0 Å². The molecule has 0 saturated carbocycles. The maximum atomic E-state index is 12.4. The summed E-state index contributed by atoms with van der Waals surface area (Å²) in [6.45, 7) is 0.514. The van der Waals surface area contributed by atoms with Crippen LogP contribution in [0.5, 0.6) is 5.75 Å². The van der Waals surface area contributed by atoms with E-state index in [0.29, 0.717) is 29.7 Å². The maximum absolute atomic E-state index is 12.4. The fraction of sp³-hybridized carbons (Fsp3) is 0.211. The van der Waals surface area contributed by atoms with Gasteiger partial charge in [-0.15, -0.1) is 0 Å². The second-order valence-electron chi connectivity index (χ2n) is 6.07. The van der Waals surface area contributed by atoms with E-state index in [2.05, 4.69) is 10.1 Å². The normalized spacial score (nSPS) is 16.9. The van der Waals surface area contributed by atoms with Crippen molar-refractivity contribution in [3.63, 3.8) is 0 Å². The van der Waals surface area contributed by atoms with Crippen molar-refractivity contribution in [3.05, 3.63) is 59.4 Å². The minimum Gasteiger partial charge on any atom is -0.497 e. The lowest BCUT2D eigenvalue weighted by Gasteiger charge is -2.16. The molecule has 3 aromatic rings. The van der Waals surface area contributed by atoms with Crippen LogP contribution in [0.15, 0.2) is 53.1 Å². The summed E-state index contributed by atoms with van der Waals surface area (Å²) in [5.41, 5.74) is 1.59. The number of carbonyl (C=O) groups excluding carboxylic acids is 1. The minimum atomic E-state index is -0.110. The highest BCUT2D eigenvalue weighted by Crippen LogP contribution is 2.32. The quantitative estimate of drug-likeness (QED) is 0.697. The summed E-state index contributed by atoms with van der Waals surface area (Å²) in [5.74, 6) is 1.61. The number of hydrogen-bond donors (Lipinski definition) is 0. The number of hydrogen-bond acceptors (Lipinski definition) is 5. The van der Waals surface area contributed by atoms with Crippen LogP contribution in [0.4, 0.5) is 5.69 Å². The molecule has 6 nitrogen and oxygen atoms in total. The van der Waals surface area contributed by atoms with Crippen LogP contribution in [0.2, 0.25) is 5.02 Å². The summed E-state index contributed by atoms with van der Waals surface area (Å²) >= 11 is 6.01. The first-order valence-corrected chi connectivity index (χ1v) is 8.56. The van der Waals surface area contributed by atoms with Gasteiger partial charge in [-0.3, -0.25) is 4.79 Å². The molecule has 1 amide bonds. The fourth-order valence-electron chi connectivity index (χ4n) is 3.03. The van der Waals surface area contributed by atoms with Crippen LogP contribution in [0, 0.1) is 0 Å². The molecule has 1 aromatic heterocycles. The van der Waals surface area contributed by atoms with Gasteiger partial charge in [-0.25, -0.2) is 0 Å². The molecule has 4 rings (SSSR count). The lowest BCUT2D eigenvalue weighted by atomic mass is 10.1. The molecule has 1 fully saturated rings. The van der Waals surface area contributed by atoms with Crippen LogP contribution >= 0.6 is 11.6 Å². The average molecular weight is 370 g/mol. The fourth-order valence-corrected chi connectivity index (χ4v) is 3.22. The second kappa shape index (κ2) is 6.80. The van der Waals surface area contributed by atoms with Crippen LogP contribution in [0.1, 0.15) is 18.2 Å². The molecule has 2 heterocycles. The van der Waals surface area contributed by atoms with Crippen molar-refractivity contribution in [1.29, 1.82) is 0 Å². The van der Waals surface area contributed by atoms with Crippen LogP contribution in [-0.4, -0.2) is 29.7 Å². The molecular formula is C19H16ClN3O3. The van der Waals surface area contributed by atoms with Gasteiger partial charge >= 0.3 is 0 Å². The highest BCUT2D eigenvalue weighted by atomic mass is 35.5. The van der Waals surface area contributed by atoms with E-state index in [1.165, 1.54) is 0 Å². The number of methoxy groups -OCH3 is 1. The average Bonchev–Trinajstić information content (AvgIpc) is 3.29. The third-order valence-corrected chi connectivity index (χ3v) is 4.62. The summed E-state index contributed by atoms with van der Waals surface area (Å²) < 4.78 is 10.5. The molecule has 7 heteroatoms. The molecule has 0 bridgehead atoms. The van der Waals surface area contributed by atoms with Gasteiger partial charge in [-0.1, -0.05) is 22.8 Å². The second-order valence-corrected chi connectivity index (χ2v) is 6.51. The summed E-state index contributed by atoms with van der Waals surface area (Å²) in [7, 11) is 1.61. The Hall–Kier alpha value is -2.86. The third kappa shape index (κ3) is 3.15. The number of benzene rings is 2. The molecule has 0 aliphatic carbocycles. The van der Waals surface area contributed by atoms with Crippen LogP contribution in [-0.2, 0) is 4.79 Å². The van der Waals surface area contributed by atoms with Gasteiger partial charge in [0.25, 0.3) is 5.89 Å². The Bertz CT molecular complexity index is 939. The first kappa shape index (κ1) is 16.6. The van der Waals surface area contributed by atoms with Gasteiger partial charge in [-0.05, 0) is 42.5 Å². The number of nitrogens with zero attached hydrogens (tertiary/aromatic N) is 3. The number of amides is 1. The third-order valence-electron chi connectivity index (χ3n) is 4.39. The van der Waals surface area contributed by atoms with Crippen molar-refractivity contribution >= 4 is 23.2 Å². The Balaban J connectivity index is 1.53. The number of ether oxygens (including phenoxy) is 1. The van der Waals surface area contributed by atoms with E-state index >= 15 is 0 Å². The van der Waals surface area contributed by atoms with E-state index in [1.807, 2.05) is 36.4 Å². The number of rotatable bonds is 4. The topological polar surface area (TPSA) is 68.5 Å². The molecule has 0 spiro atoms. The van der Waals surface area contributed by atoms with E-state index in [1.54, 1.807) is 24.1 Å². The van der Waals surface area contributed by atoms with Crippen LogP contribution < -0.4 is 9.64 Å². The molecule has 0 radical (unpaired) electrons. The van der Waals surface area contributed by atoms with Gasteiger partial charge in [0.15, 0.2) is 5.82 Å². The molecule has 1 unspecified atom stereocenters. The van der Waals surface area contributed by atoms with Gasteiger partial charge in [0.2, 0.25) is 5.91 Å². The molecule has 1 atom stereocenters. The number of anilines is 1. The van der Waals surface area contributed by atoms with Crippen molar-refractivity contribution in [3.8, 4) is 17.2 Å². The van der Waals surface area contributed by atoms with Crippen molar-refractivity contribution < 1.29 is 14.1 Å². The number of halogens is 1. The highest BCUT2D eigenvalue weighted by molar-refractivity contribution is 6.30. The minimum absolute atomic E-state index is 0.0364. The largest absolute Gasteiger partial charge is 0.497 e. The number of aromatic nitrogens is 2. The Morgan fingerprint density at radius 1 is 1.23 bits per heavy atom. The molecule has 1 aliphatic rings. The molecule has 0 N–H and O–H groups in total. The predicted molar refractivity (Wildman–Crippen MR) is 97.4 cm³/mol. The van der Waals surface area contributed by atoms with Crippen LogP contribution in [0.25, 0.3) is 11.5 Å². The summed E-state index contributed by atoms with van der Waals surface area (Å²) in [4.78, 5) is 18.6. The van der Waals surface area contributed by atoms with E-state index in [9.17, 15) is 4.79 Å². The zero-order valence-corrected chi connectivity index (χ0v) is 14.8. The first-order chi connectivity index (χ1) is 12.6. The molecular weight excluding hydrogens is 354 g/mol. The van der Waals surface area contributed by atoms with Gasteiger partial charge in [0.1, 0.15) is 5.75 Å². The standard InChI is InChI=1S/C19H16ClN3O3/c1-25-16-7-5-15(6-8-16)23-11-13(10-17(23)24)18-21-19(26-22-18)12-3-2-4-14(20)9-12/h2-9,13H,10-11H2,1H3. The number of carbonyl (C=O) groups is 1. The first-order valence-electron chi connectivity index (χ1n) is 8.18. The molecule has 132 valence electrons. The zero-order valence-electron chi connectivity index (χ0n) is 14.1. The summed E-state index contributed by atoms with van der Waals surface area (Å²) in [6.07, 6.45) is 0.348. The van der Waals surface area contributed by atoms with Crippen molar-refractivity contribution in [1.82, 2.24) is 10.1 Å². The monoisotopic (exact) mass is 369 g/mol. The SMILES string of the molecule is COc1ccc(N2CC(c3noc(-c4cccc(Cl)c4)n3)CC2=O)cc1. The predicted octanol–water partition coefficient (Wildman–Crippen LogP) is 3.92. The zero-order chi connectivity index (χ0) is 18.1. The molecule has 1 aliphatic heterocycles. The van der Waals surface area contributed by atoms with Gasteiger partial charge in [0, 0.05) is 35.2 Å². The Kier molecular flexibility index (Phi) is 4.34. The molecule has 26 heavy (non-hydrogen) atoms. The van der Waals surface area contributed by atoms with E-state index in [4.69, 9.17) is 20.9 Å². The Morgan fingerprint density at radius 2 is 2.04 bits per heavy atom.